The molecule has 3 aromatic rings. The summed E-state index contributed by atoms with van der Waals surface area (Å²) < 4.78 is 14.4. The van der Waals surface area contributed by atoms with Crippen molar-refractivity contribution in [1.29, 1.82) is 0 Å². The summed E-state index contributed by atoms with van der Waals surface area (Å²) in [5.41, 5.74) is 1.55. The Balaban J connectivity index is 1.85. The van der Waals surface area contributed by atoms with Gasteiger partial charge in [-0.15, -0.1) is 0 Å². The van der Waals surface area contributed by atoms with Crippen LogP contribution in [-0.2, 0) is 11.8 Å². The van der Waals surface area contributed by atoms with E-state index in [-0.39, 0.29) is 11.4 Å². The van der Waals surface area contributed by atoms with Gasteiger partial charge in [0.15, 0.2) is 0 Å². The maximum atomic E-state index is 12.8. The predicted molar refractivity (Wildman–Crippen MR) is 93.3 cm³/mol. The molecule has 0 aliphatic carbocycles. The lowest BCUT2D eigenvalue weighted by atomic mass is 10.1. The van der Waals surface area contributed by atoms with Crippen LogP contribution in [0.3, 0.4) is 0 Å². The third kappa shape index (κ3) is 3.25. The SMILES string of the molecule is Cn1c(=O)c(/C=C/C(=O)Nc2ccc(F)cc2)cc2ccccc21. The number of amides is 1. The fourth-order valence-electron chi connectivity index (χ4n) is 2.45. The van der Waals surface area contributed by atoms with Gasteiger partial charge in [-0.3, -0.25) is 9.59 Å². The summed E-state index contributed by atoms with van der Waals surface area (Å²) in [5, 5.41) is 3.52. The Labute approximate surface area is 137 Å². The lowest BCUT2D eigenvalue weighted by molar-refractivity contribution is -0.111. The summed E-state index contributed by atoms with van der Waals surface area (Å²) in [6, 6.07) is 14.7. The van der Waals surface area contributed by atoms with Crippen molar-refractivity contribution in [3.63, 3.8) is 0 Å². The summed E-state index contributed by atoms with van der Waals surface area (Å²) in [6.45, 7) is 0. The molecule has 3 rings (SSSR count). The number of hydrogen-bond donors (Lipinski definition) is 1. The number of anilines is 1. The zero-order valence-electron chi connectivity index (χ0n) is 13.0. The maximum absolute atomic E-state index is 12.8. The lowest BCUT2D eigenvalue weighted by Gasteiger charge is -2.06. The number of hydrogen-bond acceptors (Lipinski definition) is 2. The molecule has 0 bridgehead atoms. The molecule has 0 unspecified atom stereocenters. The van der Waals surface area contributed by atoms with E-state index in [4.69, 9.17) is 0 Å². The molecular formula is C19H15FN2O2. The summed E-state index contributed by atoms with van der Waals surface area (Å²) in [4.78, 5) is 24.3. The monoisotopic (exact) mass is 322 g/mol. The molecule has 0 atom stereocenters. The van der Waals surface area contributed by atoms with Gasteiger partial charge in [0.1, 0.15) is 5.82 Å². The standard InChI is InChI=1S/C19H15FN2O2/c1-22-17-5-3-2-4-13(17)12-14(19(22)24)6-11-18(23)21-16-9-7-15(20)8-10-16/h2-12H,1H3,(H,21,23)/b11-6+. The number of carbonyl (C=O) groups excluding carboxylic acids is 1. The third-order valence-electron chi connectivity index (χ3n) is 3.69. The minimum Gasteiger partial charge on any atom is -0.323 e. The Kier molecular flexibility index (Phi) is 4.24. The molecule has 1 amide bonds. The number of aromatic nitrogens is 1. The van der Waals surface area contributed by atoms with E-state index in [9.17, 15) is 14.0 Å². The molecule has 0 aliphatic heterocycles. The molecule has 4 nitrogen and oxygen atoms in total. The second-order valence-corrected chi connectivity index (χ2v) is 5.35. The molecule has 5 heteroatoms. The fraction of sp³-hybridized carbons (Fsp3) is 0.0526. The molecule has 0 spiro atoms. The summed E-state index contributed by atoms with van der Waals surface area (Å²) in [7, 11) is 1.70. The van der Waals surface area contributed by atoms with Crippen LogP contribution in [0.2, 0.25) is 0 Å². The maximum Gasteiger partial charge on any atom is 0.258 e. The Morgan fingerprint density at radius 2 is 1.83 bits per heavy atom. The number of para-hydroxylation sites is 1. The number of aryl methyl sites for hydroxylation is 1. The van der Waals surface area contributed by atoms with Crippen molar-refractivity contribution in [3.05, 3.63) is 82.4 Å². The first-order valence-electron chi connectivity index (χ1n) is 7.38. The lowest BCUT2D eigenvalue weighted by Crippen LogP contribution is -2.19. The van der Waals surface area contributed by atoms with Crippen LogP contribution in [0, 0.1) is 5.82 Å². The van der Waals surface area contributed by atoms with Crippen molar-refractivity contribution < 1.29 is 9.18 Å². The Morgan fingerprint density at radius 1 is 1.12 bits per heavy atom. The van der Waals surface area contributed by atoms with Crippen LogP contribution in [0.15, 0.2) is 65.5 Å². The van der Waals surface area contributed by atoms with E-state index in [2.05, 4.69) is 5.32 Å². The summed E-state index contributed by atoms with van der Waals surface area (Å²) in [6.07, 6.45) is 2.77. The fourth-order valence-corrected chi connectivity index (χ4v) is 2.45. The molecule has 24 heavy (non-hydrogen) atoms. The van der Waals surface area contributed by atoms with E-state index in [1.54, 1.807) is 17.7 Å². The van der Waals surface area contributed by atoms with Gasteiger partial charge >= 0.3 is 0 Å². The third-order valence-corrected chi connectivity index (χ3v) is 3.69. The summed E-state index contributed by atoms with van der Waals surface area (Å²) in [5.74, 6) is -0.764. The average Bonchev–Trinajstić information content (AvgIpc) is 2.59. The van der Waals surface area contributed by atoms with Crippen LogP contribution in [-0.4, -0.2) is 10.5 Å². The van der Waals surface area contributed by atoms with Crippen molar-refractivity contribution in [2.75, 3.05) is 5.32 Å². The number of fused-ring (bicyclic) bond motifs is 1. The number of carbonyl (C=O) groups is 1. The van der Waals surface area contributed by atoms with Crippen LogP contribution in [0.4, 0.5) is 10.1 Å². The highest BCUT2D eigenvalue weighted by atomic mass is 19.1. The van der Waals surface area contributed by atoms with Crippen LogP contribution in [0.25, 0.3) is 17.0 Å². The van der Waals surface area contributed by atoms with Gasteiger partial charge in [-0.2, -0.15) is 0 Å². The van der Waals surface area contributed by atoms with Crippen LogP contribution < -0.4 is 10.9 Å². The predicted octanol–water partition coefficient (Wildman–Crippen LogP) is 3.33. The first-order chi connectivity index (χ1) is 11.5. The van der Waals surface area contributed by atoms with Crippen LogP contribution in [0.1, 0.15) is 5.56 Å². The number of nitrogens with one attached hydrogen (secondary N) is 1. The number of rotatable bonds is 3. The zero-order chi connectivity index (χ0) is 17.1. The first-order valence-corrected chi connectivity index (χ1v) is 7.38. The minimum atomic E-state index is -0.392. The second-order valence-electron chi connectivity index (χ2n) is 5.35. The Bertz CT molecular complexity index is 988. The van der Waals surface area contributed by atoms with E-state index in [1.807, 2.05) is 24.3 Å². The molecule has 2 aromatic carbocycles. The number of pyridine rings is 1. The van der Waals surface area contributed by atoms with Gasteiger partial charge in [0, 0.05) is 24.4 Å². The topological polar surface area (TPSA) is 51.1 Å². The molecule has 0 fully saturated rings. The van der Waals surface area contributed by atoms with Crippen molar-refractivity contribution in [3.8, 4) is 0 Å². The summed E-state index contributed by atoms with van der Waals surface area (Å²) >= 11 is 0. The molecule has 0 aliphatic rings. The normalized spacial score (nSPS) is 11.1. The van der Waals surface area contributed by atoms with Gasteiger partial charge < -0.3 is 9.88 Å². The van der Waals surface area contributed by atoms with Gasteiger partial charge in [-0.1, -0.05) is 18.2 Å². The Hall–Kier alpha value is -3.21. The quantitative estimate of drug-likeness (QED) is 0.752. The van der Waals surface area contributed by atoms with Crippen molar-refractivity contribution in [1.82, 2.24) is 4.57 Å². The van der Waals surface area contributed by atoms with Gasteiger partial charge in [-0.05, 0) is 47.9 Å². The number of halogens is 1. The van der Waals surface area contributed by atoms with Gasteiger partial charge in [0.05, 0.1) is 5.52 Å². The van der Waals surface area contributed by atoms with Crippen LogP contribution >= 0.6 is 0 Å². The molecule has 1 N–H and O–H groups in total. The average molecular weight is 322 g/mol. The largest absolute Gasteiger partial charge is 0.323 e. The van der Waals surface area contributed by atoms with E-state index in [1.165, 1.54) is 36.4 Å². The first kappa shape index (κ1) is 15.7. The molecule has 1 heterocycles. The van der Waals surface area contributed by atoms with E-state index >= 15 is 0 Å². The van der Waals surface area contributed by atoms with Gasteiger partial charge in [-0.25, -0.2) is 4.39 Å². The van der Waals surface area contributed by atoms with Gasteiger partial charge in [0.2, 0.25) is 5.91 Å². The molecule has 0 radical (unpaired) electrons. The second kappa shape index (κ2) is 6.50. The molecular weight excluding hydrogens is 307 g/mol. The Morgan fingerprint density at radius 3 is 2.58 bits per heavy atom. The van der Waals surface area contributed by atoms with Crippen molar-refractivity contribution >= 4 is 28.6 Å². The van der Waals surface area contributed by atoms with Gasteiger partial charge in [0.25, 0.3) is 5.56 Å². The number of nitrogens with zero attached hydrogens (tertiary/aromatic N) is 1. The molecule has 0 saturated carbocycles. The van der Waals surface area contributed by atoms with Crippen molar-refractivity contribution in [2.45, 2.75) is 0 Å². The van der Waals surface area contributed by atoms with Crippen molar-refractivity contribution in [2.24, 2.45) is 7.05 Å². The van der Waals surface area contributed by atoms with E-state index < -0.39 is 5.91 Å². The number of benzene rings is 2. The molecule has 120 valence electrons. The van der Waals surface area contributed by atoms with E-state index in [0.717, 1.165) is 10.9 Å². The highest BCUT2D eigenvalue weighted by Crippen LogP contribution is 2.13. The molecule has 0 saturated heterocycles. The van der Waals surface area contributed by atoms with E-state index in [0.29, 0.717) is 11.3 Å². The van der Waals surface area contributed by atoms with Crippen LogP contribution in [0.5, 0.6) is 0 Å². The highest BCUT2D eigenvalue weighted by molar-refractivity contribution is 6.02. The highest BCUT2D eigenvalue weighted by Gasteiger charge is 2.05. The zero-order valence-corrected chi connectivity index (χ0v) is 13.0. The minimum absolute atomic E-state index is 0.181. The molecule has 1 aromatic heterocycles. The smallest absolute Gasteiger partial charge is 0.258 e.